The molecule has 0 bridgehead atoms. The van der Waals surface area contributed by atoms with Gasteiger partial charge in [-0.1, -0.05) is 35.9 Å². The fourth-order valence-electron chi connectivity index (χ4n) is 2.62. The van der Waals surface area contributed by atoms with Gasteiger partial charge in [-0.2, -0.15) is 0 Å². The number of nitrogens with one attached hydrogen (secondary N) is 3. The summed E-state index contributed by atoms with van der Waals surface area (Å²) in [5, 5.41) is 8.97. The second-order valence-electron chi connectivity index (χ2n) is 6.92. The van der Waals surface area contributed by atoms with Crippen LogP contribution < -0.4 is 16.0 Å². The van der Waals surface area contributed by atoms with Gasteiger partial charge in [0.2, 0.25) is 5.91 Å². The SMILES string of the molecule is CC(C)NC(=O)CNC(=O)COC(=O)c1ccccc1NCCc1ccc(Cl)cc1. The third kappa shape index (κ3) is 8.13. The molecular formula is C22H26ClN3O4. The van der Waals surface area contributed by atoms with Crippen LogP contribution in [0, 0.1) is 0 Å². The number of carbonyl (C=O) groups excluding carboxylic acids is 3. The van der Waals surface area contributed by atoms with Crippen molar-refractivity contribution in [2.24, 2.45) is 0 Å². The molecule has 0 saturated carbocycles. The van der Waals surface area contributed by atoms with E-state index in [0.29, 0.717) is 22.8 Å². The molecule has 0 atom stereocenters. The molecule has 2 amide bonds. The number of hydrogen-bond donors (Lipinski definition) is 3. The van der Waals surface area contributed by atoms with Gasteiger partial charge in [-0.15, -0.1) is 0 Å². The molecule has 0 spiro atoms. The van der Waals surface area contributed by atoms with Gasteiger partial charge >= 0.3 is 5.97 Å². The van der Waals surface area contributed by atoms with Crippen LogP contribution in [0.1, 0.15) is 29.8 Å². The minimum Gasteiger partial charge on any atom is -0.452 e. The third-order valence-electron chi connectivity index (χ3n) is 4.02. The van der Waals surface area contributed by atoms with Gasteiger partial charge in [0.15, 0.2) is 6.61 Å². The van der Waals surface area contributed by atoms with Gasteiger partial charge in [0.1, 0.15) is 0 Å². The molecule has 0 unspecified atom stereocenters. The summed E-state index contributed by atoms with van der Waals surface area (Å²) in [6.07, 6.45) is 0.751. The van der Waals surface area contributed by atoms with Crippen LogP contribution in [0.3, 0.4) is 0 Å². The van der Waals surface area contributed by atoms with E-state index in [1.54, 1.807) is 24.3 Å². The molecule has 2 rings (SSSR count). The zero-order chi connectivity index (χ0) is 21.9. The Balaban J connectivity index is 1.82. The first-order valence-electron chi connectivity index (χ1n) is 9.65. The summed E-state index contributed by atoms with van der Waals surface area (Å²) in [7, 11) is 0. The Hall–Kier alpha value is -3.06. The molecule has 0 aliphatic carbocycles. The Kier molecular flexibility index (Phi) is 9.15. The van der Waals surface area contributed by atoms with Crippen molar-refractivity contribution >= 4 is 35.1 Å². The first-order chi connectivity index (χ1) is 14.3. The summed E-state index contributed by atoms with van der Waals surface area (Å²) in [6.45, 7) is 3.62. The molecule has 3 N–H and O–H groups in total. The van der Waals surface area contributed by atoms with Crippen molar-refractivity contribution in [3.05, 3.63) is 64.7 Å². The Morgan fingerprint density at radius 1 is 1.00 bits per heavy atom. The van der Waals surface area contributed by atoms with Gasteiger partial charge in [-0.05, 0) is 50.1 Å². The van der Waals surface area contributed by atoms with E-state index in [1.165, 1.54) is 0 Å². The maximum Gasteiger partial charge on any atom is 0.340 e. The smallest absolute Gasteiger partial charge is 0.340 e. The molecule has 0 aliphatic heterocycles. The highest BCUT2D eigenvalue weighted by Crippen LogP contribution is 2.17. The quantitative estimate of drug-likeness (QED) is 0.503. The number of halogens is 1. The van der Waals surface area contributed by atoms with Crippen molar-refractivity contribution in [2.75, 3.05) is 25.0 Å². The zero-order valence-corrected chi connectivity index (χ0v) is 17.8. The molecule has 8 heteroatoms. The predicted molar refractivity (Wildman–Crippen MR) is 117 cm³/mol. The minimum atomic E-state index is -0.619. The highest BCUT2D eigenvalue weighted by Gasteiger charge is 2.14. The Bertz CT molecular complexity index is 869. The zero-order valence-electron chi connectivity index (χ0n) is 17.0. The number of anilines is 1. The van der Waals surface area contributed by atoms with Crippen LogP contribution in [0.4, 0.5) is 5.69 Å². The van der Waals surface area contributed by atoms with Crippen molar-refractivity contribution in [3.8, 4) is 0 Å². The van der Waals surface area contributed by atoms with Crippen LogP contribution in [0.25, 0.3) is 0 Å². The first-order valence-corrected chi connectivity index (χ1v) is 10.0. The van der Waals surface area contributed by atoms with Crippen LogP contribution in [0.2, 0.25) is 5.02 Å². The van der Waals surface area contributed by atoms with E-state index in [9.17, 15) is 14.4 Å². The Morgan fingerprint density at radius 3 is 2.40 bits per heavy atom. The molecule has 0 radical (unpaired) electrons. The van der Waals surface area contributed by atoms with Gasteiger partial charge in [0.05, 0.1) is 12.1 Å². The number of carbonyl (C=O) groups is 3. The monoisotopic (exact) mass is 431 g/mol. The lowest BCUT2D eigenvalue weighted by Crippen LogP contribution is -2.41. The van der Waals surface area contributed by atoms with Gasteiger partial charge in [0.25, 0.3) is 5.91 Å². The second kappa shape index (κ2) is 11.8. The minimum absolute atomic E-state index is 0.0177. The summed E-state index contributed by atoms with van der Waals surface area (Å²) in [6, 6.07) is 14.5. The summed E-state index contributed by atoms with van der Waals surface area (Å²) >= 11 is 5.89. The molecule has 0 heterocycles. The molecule has 0 saturated heterocycles. The van der Waals surface area contributed by atoms with E-state index in [-0.39, 0.29) is 18.5 Å². The maximum absolute atomic E-state index is 12.4. The van der Waals surface area contributed by atoms with Crippen LogP contribution in [0.15, 0.2) is 48.5 Å². The fraction of sp³-hybridized carbons (Fsp3) is 0.318. The lowest BCUT2D eigenvalue weighted by molar-refractivity contribution is -0.128. The molecule has 0 fully saturated rings. The number of rotatable bonds is 10. The topological polar surface area (TPSA) is 96.5 Å². The average Bonchev–Trinajstić information content (AvgIpc) is 2.72. The van der Waals surface area contributed by atoms with E-state index in [4.69, 9.17) is 16.3 Å². The number of amides is 2. The standard InChI is InChI=1S/C22H26ClN3O4/c1-15(2)26-20(27)13-25-21(28)14-30-22(29)18-5-3-4-6-19(18)24-12-11-16-7-9-17(23)10-8-16/h3-10,15,24H,11-14H2,1-2H3,(H,25,28)(H,26,27). The number of hydrogen-bond acceptors (Lipinski definition) is 5. The van der Waals surface area contributed by atoms with Gasteiger partial charge in [0, 0.05) is 23.3 Å². The molecule has 160 valence electrons. The van der Waals surface area contributed by atoms with E-state index in [1.807, 2.05) is 38.1 Å². The average molecular weight is 432 g/mol. The van der Waals surface area contributed by atoms with E-state index in [0.717, 1.165) is 12.0 Å². The summed E-state index contributed by atoms with van der Waals surface area (Å²) in [5.41, 5.74) is 2.07. The lowest BCUT2D eigenvalue weighted by Gasteiger charge is -2.12. The van der Waals surface area contributed by atoms with Crippen molar-refractivity contribution in [1.82, 2.24) is 10.6 Å². The maximum atomic E-state index is 12.4. The third-order valence-corrected chi connectivity index (χ3v) is 4.27. The van der Waals surface area contributed by atoms with Gasteiger partial charge in [-0.3, -0.25) is 9.59 Å². The van der Waals surface area contributed by atoms with Crippen molar-refractivity contribution in [3.63, 3.8) is 0 Å². The number of esters is 1. The Labute approximate surface area is 181 Å². The summed E-state index contributed by atoms with van der Waals surface area (Å²) in [5.74, 6) is -1.47. The lowest BCUT2D eigenvalue weighted by atomic mass is 10.1. The molecule has 2 aromatic rings. The van der Waals surface area contributed by atoms with Gasteiger partial charge < -0.3 is 20.7 Å². The normalized spacial score (nSPS) is 10.4. The largest absolute Gasteiger partial charge is 0.452 e. The highest BCUT2D eigenvalue weighted by atomic mass is 35.5. The molecule has 0 aliphatic rings. The fourth-order valence-corrected chi connectivity index (χ4v) is 2.75. The van der Waals surface area contributed by atoms with Crippen molar-refractivity contribution < 1.29 is 19.1 Å². The highest BCUT2D eigenvalue weighted by molar-refractivity contribution is 6.30. The van der Waals surface area contributed by atoms with E-state index < -0.39 is 18.5 Å². The molecule has 2 aromatic carbocycles. The van der Waals surface area contributed by atoms with Crippen molar-refractivity contribution in [2.45, 2.75) is 26.3 Å². The van der Waals surface area contributed by atoms with Crippen LogP contribution >= 0.6 is 11.6 Å². The van der Waals surface area contributed by atoms with Crippen LogP contribution in [0.5, 0.6) is 0 Å². The van der Waals surface area contributed by atoms with Crippen molar-refractivity contribution in [1.29, 1.82) is 0 Å². The molecule has 7 nitrogen and oxygen atoms in total. The number of ether oxygens (including phenoxy) is 1. The number of benzene rings is 2. The molecule has 30 heavy (non-hydrogen) atoms. The van der Waals surface area contributed by atoms with Crippen LogP contribution in [-0.2, 0) is 20.7 Å². The summed E-state index contributed by atoms with van der Waals surface area (Å²) in [4.78, 5) is 35.7. The van der Waals surface area contributed by atoms with Crippen LogP contribution in [-0.4, -0.2) is 43.5 Å². The molecule has 0 aromatic heterocycles. The van der Waals surface area contributed by atoms with E-state index in [2.05, 4.69) is 16.0 Å². The van der Waals surface area contributed by atoms with E-state index >= 15 is 0 Å². The molecular weight excluding hydrogens is 406 g/mol. The van der Waals surface area contributed by atoms with Gasteiger partial charge in [-0.25, -0.2) is 4.79 Å². The first kappa shape index (κ1) is 23.2. The Morgan fingerprint density at radius 2 is 1.70 bits per heavy atom. The second-order valence-corrected chi connectivity index (χ2v) is 7.36. The predicted octanol–water partition coefficient (Wildman–Crippen LogP) is 2.79. The number of para-hydroxylation sites is 1. The summed E-state index contributed by atoms with van der Waals surface area (Å²) < 4.78 is 5.08.